The first-order chi connectivity index (χ1) is 9.42. The van der Waals surface area contributed by atoms with E-state index >= 15 is 0 Å². The molecule has 0 unspecified atom stereocenters. The number of phenolic OH excluding ortho intramolecular Hbond substituents is 2. The molecule has 0 saturated heterocycles. The maximum Gasteiger partial charge on any atom is 0.323 e. The number of carbonyl (C=O) groups excluding carboxylic acids is 1. The number of nitrogens with one attached hydrogen (secondary N) is 2. The van der Waals surface area contributed by atoms with Gasteiger partial charge < -0.3 is 20.8 Å². The normalized spacial score (nSPS) is 10.1. The van der Waals surface area contributed by atoms with Crippen molar-refractivity contribution in [3.05, 3.63) is 47.5 Å². The van der Waals surface area contributed by atoms with E-state index in [0.717, 1.165) is 11.1 Å². The molecule has 0 atom stereocenters. The topological polar surface area (TPSA) is 81.6 Å². The van der Waals surface area contributed by atoms with Crippen LogP contribution >= 0.6 is 0 Å². The summed E-state index contributed by atoms with van der Waals surface area (Å²) in [5.74, 6) is -0.238. The summed E-state index contributed by atoms with van der Waals surface area (Å²) >= 11 is 0. The predicted molar refractivity (Wildman–Crippen MR) is 78.3 cm³/mol. The second kappa shape index (κ2) is 5.52. The van der Waals surface area contributed by atoms with Gasteiger partial charge in [0.1, 0.15) is 11.5 Å². The standard InChI is InChI=1S/C15H16N2O3/c1-9-3-10(2)5-11(4-9)16-15(20)17-12-6-13(18)8-14(19)7-12/h3-8,18-19H,1-2H3,(H2,16,17,20). The molecule has 2 aromatic carbocycles. The Hall–Kier alpha value is -2.69. The summed E-state index contributed by atoms with van der Waals surface area (Å²) in [6.07, 6.45) is 0. The number of hydrogen-bond donors (Lipinski definition) is 4. The van der Waals surface area contributed by atoms with Crippen LogP contribution in [0.25, 0.3) is 0 Å². The molecule has 0 aliphatic heterocycles. The number of benzene rings is 2. The third-order valence-electron chi connectivity index (χ3n) is 2.64. The molecule has 4 N–H and O–H groups in total. The zero-order valence-corrected chi connectivity index (χ0v) is 11.3. The maximum absolute atomic E-state index is 11.8. The van der Waals surface area contributed by atoms with E-state index in [1.165, 1.54) is 18.2 Å². The number of amides is 2. The van der Waals surface area contributed by atoms with E-state index in [1.807, 2.05) is 32.0 Å². The molecule has 2 amide bonds. The Kier molecular flexibility index (Phi) is 3.79. The molecule has 2 aromatic rings. The summed E-state index contributed by atoms with van der Waals surface area (Å²) in [7, 11) is 0. The van der Waals surface area contributed by atoms with Gasteiger partial charge in [0.25, 0.3) is 0 Å². The highest BCUT2D eigenvalue weighted by Crippen LogP contribution is 2.24. The van der Waals surface area contributed by atoms with E-state index < -0.39 is 6.03 Å². The van der Waals surface area contributed by atoms with Crippen LogP contribution in [0.1, 0.15) is 11.1 Å². The fraction of sp³-hybridized carbons (Fsp3) is 0.133. The highest BCUT2D eigenvalue weighted by molar-refractivity contribution is 6.00. The Labute approximate surface area is 116 Å². The van der Waals surface area contributed by atoms with Crippen molar-refractivity contribution in [2.75, 3.05) is 10.6 Å². The second-order valence-corrected chi connectivity index (χ2v) is 4.69. The van der Waals surface area contributed by atoms with Crippen molar-refractivity contribution in [2.45, 2.75) is 13.8 Å². The molecule has 0 aliphatic rings. The van der Waals surface area contributed by atoms with E-state index in [1.54, 1.807) is 0 Å². The number of hydrogen-bond acceptors (Lipinski definition) is 3. The van der Waals surface area contributed by atoms with Crippen molar-refractivity contribution in [3.8, 4) is 11.5 Å². The summed E-state index contributed by atoms with van der Waals surface area (Å²) in [5, 5.41) is 23.9. The Bertz CT molecular complexity index is 558. The fourth-order valence-corrected chi connectivity index (χ4v) is 2.01. The smallest absolute Gasteiger partial charge is 0.323 e. The number of aromatic hydroxyl groups is 2. The van der Waals surface area contributed by atoms with Crippen LogP contribution in [0.5, 0.6) is 11.5 Å². The number of carbonyl (C=O) groups is 1. The van der Waals surface area contributed by atoms with E-state index in [2.05, 4.69) is 10.6 Å². The van der Waals surface area contributed by atoms with Crippen molar-refractivity contribution in [1.82, 2.24) is 0 Å². The summed E-state index contributed by atoms with van der Waals surface area (Å²) < 4.78 is 0. The molecular weight excluding hydrogens is 256 g/mol. The highest BCUT2D eigenvalue weighted by atomic mass is 16.3. The van der Waals surface area contributed by atoms with E-state index in [0.29, 0.717) is 11.4 Å². The van der Waals surface area contributed by atoms with Crippen LogP contribution in [0.4, 0.5) is 16.2 Å². The molecule has 0 heterocycles. The van der Waals surface area contributed by atoms with Gasteiger partial charge in [-0.15, -0.1) is 0 Å². The van der Waals surface area contributed by atoms with Gasteiger partial charge in [-0.05, 0) is 37.1 Å². The minimum atomic E-state index is -0.444. The van der Waals surface area contributed by atoms with Crippen molar-refractivity contribution < 1.29 is 15.0 Å². The van der Waals surface area contributed by atoms with Gasteiger partial charge in [-0.2, -0.15) is 0 Å². The number of anilines is 2. The summed E-state index contributed by atoms with van der Waals surface area (Å²) in [6, 6.07) is 9.16. The Morgan fingerprint density at radius 2 is 1.25 bits per heavy atom. The minimum Gasteiger partial charge on any atom is -0.508 e. The van der Waals surface area contributed by atoms with Gasteiger partial charge in [-0.1, -0.05) is 6.07 Å². The molecule has 5 heteroatoms. The number of aryl methyl sites for hydroxylation is 2. The average molecular weight is 272 g/mol. The van der Waals surface area contributed by atoms with Crippen molar-refractivity contribution in [2.24, 2.45) is 0 Å². The molecular formula is C15H16N2O3. The molecule has 0 spiro atoms. The lowest BCUT2D eigenvalue weighted by Gasteiger charge is -2.10. The lowest BCUT2D eigenvalue weighted by atomic mass is 10.1. The highest BCUT2D eigenvalue weighted by Gasteiger charge is 2.05. The molecule has 5 nitrogen and oxygen atoms in total. The number of rotatable bonds is 2. The maximum atomic E-state index is 11.8. The van der Waals surface area contributed by atoms with Crippen molar-refractivity contribution in [3.63, 3.8) is 0 Å². The summed E-state index contributed by atoms with van der Waals surface area (Å²) in [6.45, 7) is 3.90. The van der Waals surface area contributed by atoms with Crippen LogP contribution in [0, 0.1) is 13.8 Å². The van der Waals surface area contributed by atoms with Crippen molar-refractivity contribution in [1.29, 1.82) is 0 Å². The first kappa shape index (κ1) is 13.7. The van der Waals surface area contributed by atoms with Gasteiger partial charge in [-0.25, -0.2) is 4.79 Å². The first-order valence-electron chi connectivity index (χ1n) is 6.12. The van der Waals surface area contributed by atoms with Gasteiger partial charge in [0.2, 0.25) is 0 Å². The molecule has 0 fully saturated rings. The Morgan fingerprint density at radius 3 is 1.75 bits per heavy atom. The Morgan fingerprint density at radius 1 is 0.800 bits per heavy atom. The lowest BCUT2D eigenvalue weighted by Crippen LogP contribution is -2.19. The molecule has 20 heavy (non-hydrogen) atoms. The zero-order valence-electron chi connectivity index (χ0n) is 11.3. The monoisotopic (exact) mass is 272 g/mol. The number of phenols is 2. The van der Waals surface area contributed by atoms with Gasteiger partial charge in [0.05, 0.1) is 0 Å². The number of urea groups is 1. The van der Waals surface area contributed by atoms with Crippen LogP contribution in [-0.2, 0) is 0 Å². The largest absolute Gasteiger partial charge is 0.508 e. The molecule has 0 saturated carbocycles. The zero-order chi connectivity index (χ0) is 14.7. The lowest BCUT2D eigenvalue weighted by molar-refractivity contribution is 0.262. The van der Waals surface area contributed by atoms with Crippen LogP contribution < -0.4 is 10.6 Å². The van der Waals surface area contributed by atoms with E-state index in [9.17, 15) is 15.0 Å². The average Bonchev–Trinajstić information content (AvgIpc) is 2.24. The van der Waals surface area contributed by atoms with Crippen LogP contribution in [-0.4, -0.2) is 16.2 Å². The quantitative estimate of drug-likeness (QED) is 0.676. The third-order valence-corrected chi connectivity index (χ3v) is 2.64. The molecule has 2 rings (SSSR count). The van der Waals surface area contributed by atoms with Crippen molar-refractivity contribution >= 4 is 17.4 Å². The molecule has 0 radical (unpaired) electrons. The SMILES string of the molecule is Cc1cc(C)cc(NC(=O)Nc2cc(O)cc(O)c2)c1. The second-order valence-electron chi connectivity index (χ2n) is 4.69. The molecule has 104 valence electrons. The van der Waals surface area contributed by atoms with Gasteiger partial charge >= 0.3 is 6.03 Å². The summed E-state index contributed by atoms with van der Waals surface area (Å²) in [5.41, 5.74) is 3.10. The van der Waals surface area contributed by atoms with Gasteiger partial charge in [0.15, 0.2) is 0 Å². The fourth-order valence-electron chi connectivity index (χ4n) is 2.01. The van der Waals surface area contributed by atoms with Gasteiger partial charge in [0, 0.05) is 29.6 Å². The minimum absolute atomic E-state index is 0.119. The molecule has 0 bridgehead atoms. The predicted octanol–water partition coefficient (Wildman–Crippen LogP) is 3.36. The van der Waals surface area contributed by atoms with Crippen LogP contribution in [0.3, 0.4) is 0 Å². The van der Waals surface area contributed by atoms with Crippen LogP contribution in [0.15, 0.2) is 36.4 Å². The van der Waals surface area contributed by atoms with E-state index in [4.69, 9.17) is 0 Å². The van der Waals surface area contributed by atoms with Crippen LogP contribution in [0.2, 0.25) is 0 Å². The molecule has 0 aliphatic carbocycles. The van der Waals surface area contributed by atoms with E-state index in [-0.39, 0.29) is 11.5 Å². The summed E-state index contributed by atoms with van der Waals surface area (Å²) in [4.78, 5) is 11.8. The first-order valence-corrected chi connectivity index (χ1v) is 6.12. The Balaban J connectivity index is 2.08. The molecule has 0 aromatic heterocycles. The van der Waals surface area contributed by atoms with Gasteiger partial charge in [-0.3, -0.25) is 0 Å². The third kappa shape index (κ3) is 3.65.